The average molecular weight is 279 g/mol. The van der Waals surface area contributed by atoms with Crippen LogP contribution in [0.25, 0.3) is 0 Å². The molecule has 1 unspecified atom stereocenters. The van der Waals surface area contributed by atoms with E-state index in [0.29, 0.717) is 12.6 Å². The molecule has 0 aromatic heterocycles. The number of rotatable bonds is 5. The second-order valence-electron chi connectivity index (χ2n) is 4.78. The molecule has 20 heavy (non-hydrogen) atoms. The highest BCUT2D eigenvalue weighted by atomic mass is 19.2. The summed E-state index contributed by atoms with van der Waals surface area (Å²) in [4.78, 5) is 0. The van der Waals surface area contributed by atoms with Crippen LogP contribution in [0.5, 0.6) is 0 Å². The largest absolute Gasteiger partial charge is 0.382 e. The molecule has 0 bridgehead atoms. The Labute approximate surface area is 116 Å². The number of nitrogens with one attached hydrogen (secondary N) is 1. The number of halogens is 3. The molecule has 1 atom stereocenters. The van der Waals surface area contributed by atoms with Gasteiger partial charge in [0.25, 0.3) is 0 Å². The molecular formula is C16H16F3N. The van der Waals surface area contributed by atoms with E-state index in [0.717, 1.165) is 12.5 Å². The van der Waals surface area contributed by atoms with Gasteiger partial charge in [0, 0.05) is 18.7 Å². The lowest BCUT2D eigenvalue weighted by atomic mass is 9.98. The van der Waals surface area contributed by atoms with E-state index in [1.54, 1.807) is 0 Å². The highest BCUT2D eigenvalue weighted by molar-refractivity contribution is 5.45. The molecule has 2 rings (SSSR count). The number of hydrogen-bond donors (Lipinski definition) is 1. The Hall–Kier alpha value is -1.97. The fraction of sp³-hybridized carbons (Fsp3) is 0.250. The Morgan fingerprint density at radius 2 is 1.75 bits per heavy atom. The third-order valence-corrected chi connectivity index (χ3v) is 3.25. The lowest BCUT2D eigenvalue weighted by molar-refractivity contribution is 0.497. The molecule has 0 radical (unpaired) electrons. The van der Waals surface area contributed by atoms with Gasteiger partial charge < -0.3 is 5.32 Å². The third kappa shape index (κ3) is 3.53. The lowest BCUT2D eigenvalue weighted by Gasteiger charge is -2.13. The zero-order chi connectivity index (χ0) is 14.5. The van der Waals surface area contributed by atoms with Gasteiger partial charge in [-0.05, 0) is 17.9 Å². The van der Waals surface area contributed by atoms with Crippen LogP contribution in [-0.4, -0.2) is 6.54 Å². The van der Waals surface area contributed by atoms with Crippen LogP contribution in [0.3, 0.4) is 0 Å². The second kappa shape index (κ2) is 6.46. The van der Waals surface area contributed by atoms with Crippen LogP contribution >= 0.6 is 0 Å². The molecular weight excluding hydrogens is 263 g/mol. The normalized spacial score (nSPS) is 12.2. The topological polar surface area (TPSA) is 12.0 Å². The van der Waals surface area contributed by atoms with Crippen molar-refractivity contribution in [3.8, 4) is 0 Å². The second-order valence-corrected chi connectivity index (χ2v) is 4.78. The van der Waals surface area contributed by atoms with Gasteiger partial charge in [0.1, 0.15) is 5.82 Å². The first-order valence-corrected chi connectivity index (χ1v) is 6.51. The van der Waals surface area contributed by atoms with Gasteiger partial charge in [0.05, 0.1) is 5.69 Å². The quantitative estimate of drug-likeness (QED) is 0.782. The van der Waals surface area contributed by atoms with Gasteiger partial charge in [-0.25, -0.2) is 13.2 Å². The van der Waals surface area contributed by atoms with Crippen molar-refractivity contribution in [2.45, 2.75) is 19.3 Å². The fourth-order valence-electron chi connectivity index (χ4n) is 2.06. The highest BCUT2D eigenvalue weighted by Gasteiger charge is 2.11. The molecule has 2 aromatic carbocycles. The molecule has 0 aliphatic rings. The smallest absolute Gasteiger partial charge is 0.182 e. The Morgan fingerprint density at radius 3 is 2.45 bits per heavy atom. The van der Waals surface area contributed by atoms with E-state index in [1.807, 2.05) is 30.3 Å². The maximum atomic E-state index is 13.4. The predicted molar refractivity (Wildman–Crippen MR) is 74.3 cm³/mol. The maximum absolute atomic E-state index is 13.4. The van der Waals surface area contributed by atoms with Gasteiger partial charge >= 0.3 is 0 Å². The van der Waals surface area contributed by atoms with Crippen LogP contribution in [-0.2, 0) is 0 Å². The number of benzene rings is 2. The van der Waals surface area contributed by atoms with E-state index in [9.17, 15) is 13.2 Å². The molecule has 0 fully saturated rings. The summed E-state index contributed by atoms with van der Waals surface area (Å²) in [6, 6.07) is 11.4. The van der Waals surface area contributed by atoms with E-state index in [4.69, 9.17) is 0 Å². The van der Waals surface area contributed by atoms with Crippen molar-refractivity contribution < 1.29 is 13.2 Å². The van der Waals surface area contributed by atoms with Crippen molar-refractivity contribution >= 4 is 5.69 Å². The van der Waals surface area contributed by atoms with Crippen molar-refractivity contribution in [3.63, 3.8) is 0 Å². The summed E-state index contributed by atoms with van der Waals surface area (Å²) in [6.45, 7) is 2.50. The zero-order valence-electron chi connectivity index (χ0n) is 11.2. The van der Waals surface area contributed by atoms with Crippen molar-refractivity contribution in [3.05, 3.63) is 65.5 Å². The minimum absolute atomic E-state index is 0.136. The standard InChI is InChI=1S/C16H16F3N/c1-11(12-5-3-2-4-6-12)7-8-20-15-10-13(17)9-14(18)16(15)19/h2-6,9-11,20H,7-8H2,1H3. The number of hydrogen-bond acceptors (Lipinski definition) is 1. The summed E-state index contributed by atoms with van der Waals surface area (Å²) in [6.07, 6.45) is 0.738. The Balaban J connectivity index is 1.93. The van der Waals surface area contributed by atoms with E-state index < -0.39 is 17.5 Å². The molecule has 0 aliphatic carbocycles. The molecule has 0 saturated carbocycles. The van der Waals surface area contributed by atoms with Crippen molar-refractivity contribution in [2.75, 3.05) is 11.9 Å². The van der Waals surface area contributed by atoms with Crippen LogP contribution in [0.1, 0.15) is 24.8 Å². The van der Waals surface area contributed by atoms with Gasteiger partial charge in [-0.1, -0.05) is 37.3 Å². The maximum Gasteiger partial charge on any atom is 0.182 e. The predicted octanol–water partition coefficient (Wildman–Crippen LogP) is 4.71. The summed E-state index contributed by atoms with van der Waals surface area (Å²) in [7, 11) is 0. The van der Waals surface area contributed by atoms with E-state index in [-0.39, 0.29) is 11.6 Å². The lowest BCUT2D eigenvalue weighted by Crippen LogP contribution is -2.08. The Bertz CT molecular complexity index is 569. The van der Waals surface area contributed by atoms with Gasteiger partial charge in [0.15, 0.2) is 11.6 Å². The van der Waals surface area contributed by atoms with Gasteiger partial charge in [0.2, 0.25) is 0 Å². The minimum atomic E-state index is -1.18. The van der Waals surface area contributed by atoms with Gasteiger partial charge in [-0.2, -0.15) is 0 Å². The average Bonchev–Trinajstić information content (AvgIpc) is 2.44. The summed E-state index contributed by atoms with van der Waals surface area (Å²) < 4.78 is 39.5. The first-order valence-electron chi connectivity index (χ1n) is 6.51. The summed E-state index contributed by atoms with van der Waals surface area (Å²) in [5, 5.41) is 2.74. The molecule has 0 saturated heterocycles. The molecule has 0 aliphatic heterocycles. The number of anilines is 1. The summed E-state index contributed by atoms with van der Waals surface area (Å²) in [5.74, 6) is -2.73. The molecule has 106 valence electrons. The minimum Gasteiger partial charge on any atom is -0.382 e. The fourth-order valence-corrected chi connectivity index (χ4v) is 2.06. The Morgan fingerprint density at radius 1 is 1.05 bits per heavy atom. The van der Waals surface area contributed by atoms with Crippen molar-refractivity contribution in [1.29, 1.82) is 0 Å². The van der Waals surface area contributed by atoms with Crippen LogP contribution in [0.4, 0.5) is 18.9 Å². The van der Waals surface area contributed by atoms with Crippen LogP contribution in [0.15, 0.2) is 42.5 Å². The SMILES string of the molecule is CC(CCNc1cc(F)cc(F)c1F)c1ccccc1. The zero-order valence-corrected chi connectivity index (χ0v) is 11.2. The van der Waals surface area contributed by atoms with Crippen LogP contribution < -0.4 is 5.32 Å². The van der Waals surface area contributed by atoms with Gasteiger partial charge in [-0.15, -0.1) is 0 Å². The molecule has 0 amide bonds. The van der Waals surface area contributed by atoms with Crippen LogP contribution in [0.2, 0.25) is 0 Å². The first-order chi connectivity index (χ1) is 9.58. The first kappa shape index (κ1) is 14.4. The monoisotopic (exact) mass is 279 g/mol. The summed E-state index contributed by atoms with van der Waals surface area (Å²) >= 11 is 0. The van der Waals surface area contributed by atoms with E-state index >= 15 is 0 Å². The highest BCUT2D eigenvalue weighted by Crippen LogP contribution is 2.21. The molecule has 0 spiro atoms. The van der Waals surface area contributed by atoms with Crippen molar-refractivity contribution in [1.82, 2.24) is 0 Å². The van der Waals surface area contributed by atoms with E-state index in [1.165, 1.54) is 5.56 Å². The molecule has 1 nitrogen and oxygen atoms in total. The molecule has 0 heterocycles. The third-order valence-electron chi connectivity index (χ3n) is 3.25. The van der Waals surface area contributed by atoms with Gasteiger partial charge in [-0.3, -0.25) is 0 Å². The Kier molecular flexibility index (Phi) is 4.66. The van der Waals surface area contributed by atoms with Crippen LogP contribution in [0, 0.1) is 17.5 Å². The molecule has 4 heteroatoms. The molecule has 2 aromatic rings. The summed E-state index contributed by atoms with van der Waals surface area (Å²) in [5.41, 5.74) is 1.04. The van der Waals surface area contributed by atoms with Crippen molar-refractivity contribution in [2.24, 2.45) is 0 Å². The van der Waals surface area contributed by atoms with E-state index in [2.05, 4.69) is 12.2 Å². The molecule has 1 N–H and O–H groups in total.